The van der Waals surface area contributed by atoms with Crippen LogP contribution in [0.5, 0.6) is 0 Å². The molecule has 4 heteroatoms. The lowest BCUT2D eigenvalue weighted by Crippen LogP contribution is -2.03. The van der Waals surface area contributed by atoms with Gasteiger partial charge >= 0.3 is 0 Å². The van der Waals surface area contributed by atoms with E-state index in [9.17, 15) is 4.79 Å². The molecular formula is C15H13N3O. The Morgan fingerprint density at radius 3 is 2.79 bits per heavy atom. The number of nitrogens with zero attached hydrogens (tertiary/aromatic N) is 3. The predicted molar refractivity (Wildman–Crippen MR) is 73.1 cm³/mol. The minimum absolute atomic E-state index is 0.0128. The molecule has 3 aromatic rings. The number of carbonyl (C=O) groups is 1. The molecule has 0 radical (unpaired) electrons. The van der Waals surface area contributed by atoms with Crippen molar-refractivity contribution >= 4 is 16.7 Å². The zero-order chi connectivity index (χ0) is 13.2. The maximum absolute atomic E-state index is 11.6. The fourth-order valence-electron chi connectivity index (χ4n) is 2.17. The van der Waals surface area contributed by atoms with Crippen LogP contribution in [0.2, 0.25) is 0 Å². The third kappa shape index (κ3) is 2.12. The molecular weight excluding hydrogens is 238 g/mol. The molecule has 0 fully saturated rings. The van der Waals surface area contributed by atoms with Gasteiger partial charge in [-0.15, -0.1) is 0 Å². The van der Waals surface area contributed by atoms with Gasteiger partial charge in [-0.3, -0.25) is 14.5 Å². The van der Waals surface area contributed by atoms with Gasteiger partial charge in [-0.25, -0.2) is 0 Å². The van der Waals surface area contributed by atoms with Crippen molar-refractivity contribution in [3.05, 3.63) is 60.0 Å². The Kier molecular flexibility index (Phi) is 2.83. The Morgan fingerprint density at radius 2 is 2.05 bits per heavy atom. The van der Waals surface area contributed by atoms with Crippen molar-refractivity contribution in [3.8, 4) is 0 Å². The summed E-state index contributed by atoms with van der Waals surface area (Å²) in [4.78, 5) is 15.7. The van der Waals surface area contributed by atoms with Crippen molar-refractivity contribution < 1.29 is 4.79 Å². The first-order valence-corrected chi connectivity index (χ1v) is 6.11. The van der Waals surface area contributed by atoms with E-state index < -0.39 is 0 Å². The lowest BCUT2D eigenvalue weighted by Gasteiger charge is -2.02. The summed E-state index contributed by atoms with van der Waals surface area (Å²) in [7, 11) is 0. The molecule has 94 valence electrons. The fourth-order valence-corrected chi connectivity index (χ4v) is 2.17. The average molecular weight is 251 g/mol. The highest BCUT2D eigenvalue weighted by molar-refractivity contribution is 6.04. The monoisotopic (exact) mass is 251 g/mol. The van der Waals surface area contributed by atoms with E-state index in [4.69, 9.17) is 0 Å². The van der Waals surface area contributed by atoms with Crippen molar-refractivity contribution in [1.82, 2.24) is 14.8 Å². The highest BCUT2D eigenvalue weighted by Crippen LogP contribution is 2.19. The number of rotatable bonds is 3. The third-order valence-corrected chi connectivity index (χ3v) is 3.05. The quantitative estimate of drug-likeness (QED) is 0.672. The second-order valence-electron chi connectivity index (χ2n) is 4.44. The van der Waals surface area contributed by atoms with Crippen LogP contribution < -0.4 is 0 Å². The molecule has 4 nitrogen and oxygen atoms in total. The van der Waals surface area contributed by atoms with E-state index in [2.05, 4.69) is 10.1 Å². The van der Waals surface area contributed by atoms with Gasteiger partial charge in [0, 0.05) is 24.7 Å². The molecule has 0 aliphatic heterocycles. The van der Waals surface area contributed by atoms with Crippen molar-refractivity contribution in [3.63, 3.8) is 0 Å². The Balaban J connectivity index is 2.11. The van der Waals surface area contributed by atoms with Crippen LogP contribution >= 0.6 is 0 Å². The number of benzene rings is 1. The number of aromatic nitrogens is 3. The molecule has 19 heavy (non-hydrogen) atoms. The van der Waals surface area contributed by atoms with E-state index in [1.54, 1.807) is 13.1 Å². The van der Waals surface area contributed by atoms with Crippen LogP contribution in [-0.4, -0.2) is 20.5 Å². The molecule has 0 bridgehead atoms. The molecule has 0 saturated heterocycles. The fraction of sp³-hybridized carbons (Fsp3) is 0.133. The Bertz CT molecular complexity index is 731. The van der Waals surface area contributed by atoms with Gasteiger partial charge in [-0.05, 0) is 17.7 Å². The highest BCUT2D eigenvalue weighted by Gasteiger charge is 2.13. The first-order chi connectivity index (χ1) is 9.25. The minimum atomic E-state index is -0.0128. The van der Waals surface area contributed by atoms with Crippen LogP contribution in [0.25, 0.3) is 10.9 Å². The van der Waals surface area contributed by atoms with Crippen LogP contribution in [0, 0.1) is 0 Å². The Labute approximate surface area is 110 Å². The first-order valence-electron chi connectivity index (χ1n) is 6.11. The number of Topliss-reactive ketones (excluding diaryl/α,β-unsaturated/α-hetero) is 1. The van der Waals surface area contributed by atoms with E-state index in [0.717, 1.165) is 16.5 Å². The summed E-state index contributed by atoms with van der Waals surface area (Å²) in [5.74, 6) is -0.0128. The summed E-state index contributed by atoms with van der Waals surface area (Å²) in [6.07, 6.45) is 3.55. The number of pyridine rings is 1. The van der Waals surface area contributed by atoms with E-state index >= 15 is 0 Å². The van der Waals surface area contributed by atoms with Crippen molar-refractivity contribution in [1.29, 1.82) is 0 Å². The molecule has 0 aliphatic carbocycles. The summed E-state index contributed by atoms with van der Waals surface area (Å²) in [5.41, 5.74) is 2.56. The molecule has 0 aliphatic rings. The lowest BCUT2D eigenvalue weighted by atomic mass is 10.1. The van der Waals surface area contributed by atoms with Crippen LogP contribution in [0.3, 0.4) is 0 Å². The van der Waals surface area contributed by atoms with Gasteiger partial charge in [-0.1, -0.05) is 24.3 Å². The molecule has 0 unspecified atom stereocenters. The topological polar surface area (TPSA) is 47.8 Å². The smallest absolute Gasteiger partial charge is 0.180 e. The standard InChI is InChI=1S/C15H13N3O/c1-11(19)15-13-6-2-3-7-14(13)18(17-15)10-12-5-4-8-16-9-12/h2-9H,10H2,1H3. The number of para-hydroxylation sites is 1. The number of fused-ring (bicyclic) bond motifs is 1. The predicted octanol–water partition coefficient (Wildman–Crippen LogP) is 2.68. The van der Waals surface area contributed by atoms with Gasteiger partial charge in [0.15, 0.2) is 5.78 Å². The summed E-state index contributed by atoms with van der Waals surface area (Å²) in [6.45, 7) is 2.16. The first kappa shape index (κ1) is 11.6. The molecule has 3 rings (SSSR count). The average Bonchev–Trinajstić information content (AvgIpc) is 2.79. The SMILES string of the molecule is CC(=O)c1nn(Cc2cccnc2)c2ccccc12. The van der Waals surface area contributed by atoms with E-state index in [-0.39, 0.29) is 5.78 Å². The number of carbonyl (C=O) groups excluding carboxylic acids is 1. The highest BCUT2D eigenvalue weighted by atomic mass is 16.1. The van der Waals surface area contributed by atoms with Crippen LogP contribution in [-0.2, 0) is 6.54 Å². The normalized spacial score (nSPS) is 10.8. The van der Waals surface area contributed by atoms with Crippen LogP contribution in [0.4, 0.5) is 0 Å². The maximum Gasteiger partial charge on any atom is 0.180 e. The molecule has 0 N–H and O–H groups in total. The van der Waals surface area contributed by atoms with Crippen molar-refractivity contribution in [2.24, 2.45) is 0 Å². The number of hydrogen-bond acceptors (Lipinski definition) is 3. The maximum atomic E-state index is 11.6. The van der Waals surface area contributed by atoms with E-state index in [1.165, 1.54) is 0 Å². The van der Waals surface area contributed by atoms with Gasteiger partial charge in [-0.2, -0.15) is 5.10 Å². The van der Waals surface area contributed by atoms with E-state index in [1.807, 2.05) is 47.3 Å². The van der Waals surface area contributed by atoms with Crippen LogP contribution in [0.1, 0.15) is 23.0 Å². The molecule has 2 aromatic heterocycles. The van der Waals surface area contributed by atoms with Gasteiger partial charge in [0.1, 0.15) is 5.69 Å². The molecule has 1 aromatic carbocycles. The zero-order valence-corrected chi connectivity index (χ0v) is 10.6. The second-order valence-corrected chi connectivity index (χ2v) is 4.44. The van der Waals surface area contributed by atoms with Gasteiger partial charge in [0.25, 0.3) is 0 Å². The summed E-state index contributed by atoms with van der Waals surface area (Å²) in [6, 6.07) is 11.7. The van der Waals surface area contributed by atoms with Crippen LogP contribution in [0.15, 0.2) is 48.8 Å². The van der Waals surface area contributed by atoms with Crippen molar-refractivity contribution in [2.75, 3.05) is 0 Å². The molecule has 0 spiro atoms. The molecule has 0 saturated carbocycles. The second kappa shape index (κ2) is 4.65. The Hall–Kier alpha value is -2.49. The Morgan fingerprint density at radius 1 is 1.21 bits per heavy atom. The number of ketones is 1. The molecule has 2 heterocycles. The largest absolute Gasteiger partial charge is 0.293 e. The van der Waals surface area contributed by atoms with Gasteiger partial charge in [0.05, 0.1) is 12.1 Å². The summed E-state index contributed by atoms with van der Waals surface area (Å²) in [5, 5.41) is 5.33. The minimum Gasteiger partial charge on any atom is -0.293 e. The zero-order valence-electron chi connectivity index (χ0n) is 10.6. The van der Waals surface area contributed by atoms with Gasteiger partial charge in [0.2, 0.25) is 0 Å². The summed E-state index contributed by atoms with van der Waals surface area (Å²) < 4.78 is 1.85. The molecule has 0 amide bonds. The van der Waals surface area contributed by atoms with E-state index in [0.29, 0.717) is 12.2 Å². The van der Waals surface area contributed by atoms with Crippen molar-refractivity contribution in [2.45, 2.75) is 13.5 Å². The lowest BCUT2D eigenvalue weighted by molar-refractivity contribution is 0.101. The third-order valence-electron chi connectivity index (χ3n) is 3.05. The van der Waals surface area contributed by atoms with Gasteiger partial charge < -0.3 is 0 Å². The number of hydrogen-bond donors (Lipinski definition) is 0. The summed E-state index contributed by atoms with van der Waals surface area (Å²) >= 11 is 0. The molecule has 0 atom stereocenters.